The second-order valence-electron chi connectivity index (χ2n) is 22.0. The maximum absolute atomic E-state index is 14.6. The number of piperidine rings is 1. The summed E-state index contributed by atoms with van der Waals surface area (Å²) >= 11 is 1.63. The average molecular weight is 964 g/mol. The number of allylic oxidation sites excluding steroid dienone is 1. The van der Waals surface area contributed by atoms with Gasteiger partial charge in [-0.05, 0) is 119 Å². The second kappa shape index (κ2) is 20.4. The van der Waals surface area contributed by atoms with Crippen molar-refractivity contribution in [3.8, 4) is 22.5 Å². The molecule has 1 aliphatic carbocycles. The van der Waals surface area contributed by atoms with E-state index >= 15 is 0 Å². The van der Waals surface area contributed by atoms with Crippen LogP contribution in [0.3, 0.4) is 0 Å². The summed E-state index contributed by atoms with van der Waals surface area (Å²) in [6.45, 7) is 30.7. The van der Waals surface area contributed by atoms with E-state index in [0.717, 1.165) is 121 Å². The number of nitrogens with one attached hydrogen (secondary N) is 2. The highest BCUT2D eigenvalue weighted by atomic mass is 32.1. The molecule has 3 aromatic heterocycles. The van der Waals surface area contributed by atoms with Gasteiger partial charge in [-0.3, -0.25) is 14.8 Å². The van der Waals surface area contributed by atoms with Crippen LogP contribution in [0.4, 0.5) is 13.2 Å². The van der Waals surface area contributed by atoms with Gasteiger partial charge in [0.05, 0.1) is 34.5 Å². The first-order chi connectivity index (χ1) is 33.1. The van der Waals surface area contributed by atoms with Crippen molar-refractivity contribution in [2.45, 2.75) is 135 Å². The van der Waals surface area contributed by atoms with Gasteiger partial charge in [0.2, 0.25) is 0 Å². The molecule has 9 rings (SSSR count). The van der Waals surface area contributed by atoms with E-state index in [1.807, 2.05) is 37.3 Å². The molecule has 4 aromatic rings. The van der Waals surface area contributed by atoms with Gasteiger partial charge in [-0.25, -0.2) is 10.4 Å². The molecule has 5 fully saturated rings. The number of alkyl halides is 3. The van der Waals surface area contributed by atoms with Gasteiger partial charge in [-0.15, -0.1) is 17.9 Å². The molecule has 4 aliphatic heterocycles. The molecular weight excluding hydrogens is 888 g/mol. The summed E-state index contributed by atoms with van der Waals surface area (Å²) in [6.07, 6.45) is 12.4. The Kier molecular flexibility index (Phi) is 14.6. The Morgan fingerprint density at radius 3 is 2.52 bits per heavy atom. The van der Waals surface area contributed by atoms with Gasteiger partial charge in [0, 0.05) is 107 Å². The highest BCUT2D eigenvalue weighted by Crippen LogP contribution is 2.46. The zero-order chi connectivity index (χ0) is 48.7. The standard InChI is InChI=1S/C56H76F3N9S/c1-9-11-23-54(6,7)31-45-44-29-42(21-22-49(44)67(37-56(57,58)59)53(45)43-20-16-25-60-46(43)10-2)48-33-69-51(63-48)30-47(39(4)68-28-15-14-26-61-68)62-38(3)52(41-18-12-13-19-41)65-27-17-24-55(34-65)35-66(36-55)40(5)50-32-64(50)8/h9,16,20-22,25,29,33,41,47,50,52,61-62H,1,3-5,10-15,17-19,23-24,26-28,30-32,34-37H2,2,6-8H3. The molecule has 5 aliphatic rings. The molecule has 9 nitrogen and oxygen atoms in total. The van der Waals surface area contributed by atoms with Gasteiger partial charge in [0.1, 0.15) is 6.54 Å². The third-order valence-electron chi connectivity index (χ3n) is 16.1. The Bertz CT molecular complexity index is 2500. The number of aromatic nitrogens is 3. The minimum absolute atomic E-state index is 0.138. The SMILES string of the molecule is C=CCCC(C)(C)Cc1c(-c2cccnc2CC)n(CC(F)(F)F)c2ccc(-c3csc(CC(NC(=C)C(C4CCCC4)N4CCCC5(CN(C(=C)C6CN6C)C5)C4)C(=C)N4CCCCN4)n3)cc12. The van der Waals surface area contributed by atoms with E-state index in [1.54, 1.807) is 17.5 Å². The van der Waals surface area contributed by atoms with Crippen LogP contribution in [-0.2, 0) is 25.8 Å². The lowest BCUT2D eigenvalue weighted by Gasteiger charge is -2.57. The number of hydrogen-bond acceptors (Lipinski definition) is 9. The van der Waals surface area contributed by atoms with E-state index in [2.05, 4.69) is 80.9 Å². The Morgan fingerprint density at radius 2 is 1.83 bits per heavy atom. The average Bonchev–Trinajstić information content (AvgIpc) is 3.63. The van der Waals surface area contributed by atoms with E-state index in [9.17, 15) is 13.2 Å². The first kappa shape index (κ1) is 49.5. The largest absolute Gasteiger partial charge is 0.406 e. The van der Waals surface area contributed by atoms with Crippen LogP contribution in [0.1, 0.15) is 101 Å². The summed E-state index contributed by atoms with van der Waals surface area (Å²) in [5.41, 5.74) is 12.4. The minimum Gasteiger partial charge on any atom is -0.379 e. The molecule has 1 saturated carbocycles. The predicted molar refractivity (Wildman–Crippen MR) is 278 cm³/mol. The number of halogens is 3. The van der Waals surface area contributed by atoms with E-state index in [-0.39, 0.29) is 17.5 Å². The first-order valence-corrected chi connectivity index (χ1v) is 26.7. The fourth-order valence-electron chi connectivity index (χ4n) is 12.4. The van der Waals surface area contributed by atoms with Crippen LogP contribution in [0, 0.1) is 16.7 Å². The summed E-state index contributed by atoms with van der Waals surface area (Å²) in [5.74, 6) is 0.561. The number of aryl methyl sites for hydroxylation is 1. The van der Waals surface area contributed by atoms with Gasteiger partial charge in [0.25, 0.3) is 0 Å². The van der Waals surface area contributed by atoms with Crippen LogP contribution in [0.5, 0.6) is 0 Å². The lowest BCUT2D eigenvalue weighted by Crippen LogP contribution is -2.64. The van der Waals surface area contributed by atoms with E-state index in [4.69, 9.17) is 18.1 Å². The number of likely N-dealkylation sites (N-methyl/N-ethyl adjacent to an activating group) is 1. The Labute approximate surface area is 413 Å². The third-order valence-corrected chi connectivity index (χ3v) is 17.0. The number of likely N-dealkylation sites (tertiary alicyclic amines) is 2. The van der Waals surface area contributed by atoms with Gasteiger partial charge < -0.3 is 19.8 Å². The maximum Gasteiger partial charge on any atom is 0.406 e. The normalized spacial score (nSPS) is 21.9. The summed E-state index contributed by atoms with van der Waals surface area (Å²) in [6, 6.07) is 10.3. The van der Waals surface area contributed by atoms with Crippen molar-refractivity contribution in [1.29, 1.82) is 0 Å². The van der Waals surface area contributed by atoms with Crippen LogP contribution < -0.4 is 10.7 Å². The Balaban J connectivity index is 1.02. The third kappa shape index (κ3) is 10.9. The highest BCUT2D eigenvalue weighted by molar-refractivity contribution is 7.10. The number of pyridine rings is 1. The fraction of sp³-hybridized carbons (Fsp3) is 0.571. The van der Waals surface area contributed by atoms with Crippen LogP contribution >= 0.6 is 11.3 Å². The van der Waals surface area contributed by atoms with Crippen molar-refractivity contribution in [1.82, 2.24) is 45.0 Å². The van der Waals surface area contributed by atoms with Gasteiger partial charge >= 0.3 is 6.18 Å². The monoisotopic (exact) mass is 964 g/mol. The van der Waals surface area contributed by atoms with Crippen LogP contribution in [0.15, 0.2) is 91.4 Å². The van der Waals surface area contributed by atoms with Crippen molar-refractivity contribution in [3.63, 3.8) is 0 Å². The zero-order valence-electron chi connectivity index (χ0n) is 41.8. The topological polar surface area (TPSA) is 67.5 Å². The Morgan fingerprint density at radius 1 is 1.04 bits per heavy atom. The molecule has 4 unspecified atom stereocenters. The minimum atomic E-state index is -4.43. The molecular formula is C56H76F3N9S. The van der Waals surface area contributed by atoms with Crippen molar-refractivity contribution < 1.29 is 13.2 Å². The quantitative estimate of drug-likeness (QED) is 0.0671. The van der Waals surface area contributed by atoms with Gasteiger partial charge in [-0.1, -0.05) is 65.5 Å². The molecule has 2 N–H and O–H groups in total. The summed E-state index contributed by atoms with van der Waals surface area (Å²) in [4.78, 5) is 17.7. The molecule has 0 amide bonds. The molecule has 13 heteroatoms. The number of rotatable bonds is 20. The van der Waals surface area contributed by atoms with Crippen LogP contribution in [0.25, 0.3) is 33.4 Å². The highest BCUT2D eigenvalue weighted by Gasteiger charge is 2.50. The van der Waals surface area contributed by atoms with Crippen LogP contribution in [-0.4, -0.2) is 111 Å². The molecule has 4 atom stereocenters. The number of hydrazine groups is 1. The second-order valence-corrected chi connectivity index (χ2v) is 22.9. The number of thiazole rings is 1. The number of nitrogens with zero attached hydrogens (tertiary/aromatic N) is 7. The first-order valence-electron chi connectivity index (χ1n) is 25.8. The van der Waals surface area contributed by atoms with E-state index in [1.165, 1.54) is 48.8 Å². The summed E-state index contributed by atoms with van der Waals surface area (Å²) in [5, 5.41) is 10.2. The Hall–Kier alpha value is -4.43. The van der Waals surface area contributed by atoms with Gasteiger partial charge in [-0.2, -0.15) is 13.2 Å². The zero-order valence-corrected chi connectivity index (χ0v) is 42.6. The molecule has 4 saturated heterocycles. The lowest BCUT2D eigenvalue weighted by atomic mass is 9.72. The molecule has 69 heavy (non-hydrogen) atoms. The molecule has 1 aromatic carbocycles. The molecule has 1 spiro atoms. The van der Waals surface area contributed by atoms with Crippen molar-refractivity contribution >= 4 is 22.2 Å². The maximum atomic E-state index is 14.6. The van der Waals surface area contributed by atoms with Crippen molar-refractivity contribution in [2.24, 2.45) is 16.7 Å². The number of hydrogen-bond donors (Lipinski definition) is 2. The van der Waals surface area contributed by atoms with Crippen molar-refractivity contribution in [3.05, 3.63) is 108 Å². The smallest absolute Gasteiger partial charge is 0.379 e. The van der Waals surface area contributed by atoms with Crippen LogP contribution in [0.2, 0.25) is 0 Å². The number of benzene rings is 1. The molecule has 7 heterocycles. The molecule has 0 bridgehead atoms. The van der Waals surface area contributed by atoms with E-state index < -0.39 is 12.7 Å². The molecule has 0 radical (unpaired) electrons. The fourth-order valence-corrected chi connectivity index (χ4v) is 13.2. The summed E-state index contributed by atoms with van der Waals surface area (Å²) < 4.78 is 45.3. The molecule has 372 valence electrons. The summed E-state index contributed by atoms with van der Waals surface area (Å²) in [7, 11) is 2.19. The van der Waals surface area contributed by atoms with Gasteiger partial charge in [0.15, 0.2) is 0 Å². The predicted octanol–water partition coefficient (Wildman–Crippen LogP) is 11.4. The lowest BCUT2D eigenvalue weighted by molar-refractivity contribution is -0.139. The van der Waals surface area contributed by atoms with Crippen molar-refractivity contribution in [2.75, 3.05) is 52.9 Å². The number of fused-ring (bicyclic) bond motifs is 1. The van der Waals surface area contributed by atoms with E-state index in [0.29, 0.717) is 47.8 Å².